The summed E-state index contributed by atoms with van der Waals surface area (Å²) < 4.78 is 0. The number of halogens is 1. The second kappa shape index (κ2) is 11.6. The Labute approximate surface area is 165 Å². The van der Waals surface area contributed by atoms with E-state index in [1.165, 1.54) is 4.90 Å². The molecule has 0 aromatic heterocycles. The Morgan fingerprint density at radius 2 is 1.88 bits per heavy atom. The molecule has 0 bridgehead atoms. The van der Waals surface area contributed by atoms with Crippen molar-refractivity contribution in [1.82, 2.24) is 16.0 Å². The molecule has 1 aliphatic carbocycles. The molecule has 1 unspecified atom stereocenters. The standard InChI is InChI=1S/C17H26N4OS.HI/c1-13(23-15-6-4-3-5-7-15)12-21-17(18-2)20-11-10-19-16(22)14-8-9-14;/h3-7,13-14H,8-12H2,1-2H3,(H,19,22)(H2,18,20,21);1H. The number of hydrogen-bond donors (Lipinski definition) is 3. The minimum atomic E-state index is 0. The van der Waals surface area contributed by atoms with Gasteiger partial charge in [0.25, 0.3) is 0 Å². The van der Waals surface area contributed by atoms with Crippen molar-refractivity contribution in [1.29, 1.82) is 0 Å². The highest BCUT2D eigenvalue weighted by atomic mass is 127. The maximum atomic E-state index is 11.5. The Kier molecular flexibility index (Phi) is 10.2. The summed E-state index contributed by atoms with van der Waals surface area (Å²) in [5, 5.41) is 9.91. The molecule has 0 heterocycles. The molecule has 3 N–H and O–H groups in total. The summed E-state index contributed by atoms with van der Waals surface area (Å²) in [5.74, 6) is 1.22. The van der Waals surface area contributed by atoms with Crippen molar-refractivity contribution in [3.05, 3.63) is 30.3 Å². The molecule has 1 aromatic rings. The van der Waals surface area contributed by atoms with E-state index < -0.39 is 0 Å². The highest BCUT2D eigenvalue weighted by Gasteiger charge is 2.28. The molecule has 1 aromatic carbocycles. The fourth-order valence-corrected chi connectivity index (χ4v) is 3.04. The van der Waals surface area contributed by atoms with E-state index in [0.29, 0.717) is 18.3 Å². The van der Waals surface area contributed by atoms with Gasteiger partial charge in [-0.1, -0.05) is 25.1 Å². The molecule has 1 fully saturated rings. The number of guanidine groups is 1. The van der Waals surface area contributed by atoms with Crippen LogP contribution in [0.2, 0.25) is 0 Å². The highest BCUT2D eigenvalue weighted by molar-refractivity contribution is 14.0. The van der Waals surface area contributed by atoms with Gasteiger partial charge < -0.3 is 16.0 Å². The topological polar surface area (TPSA) is 65.5 Å². The number of rotatable bonds is 8. The number of thioether (sulfide) groups is 1. The zero-order valence-corrected chi connectivity index (χ0v) is 17.4. The summed E-state index contributed by atoms with van der Waals surface area (Å²) in [4.78, 5) is 17.0. The number of amides is 1. The Bertz CT molecular complexity index is 523. The van der Waals surface area contributed by atoms with E-state index >= 15 is 0 Å². The predicted octanol–water partition coefficient (Wildman–Crippen LogP) is 2.48. The van der Waals surface area contributed by atoms with E-state index in [1.807, 2.05) is 17.8 Å². The van der Waals surface area contributed by atoms with Crippen molar-refractivity contribution in [2.24, 2.45) is 10.9 Å². The monoisotopic (exact) mass is 462 g/mol. The highest BCUT2D eigenvalue weighted by Crippen LogP contribution is 2.28. The average Bonchev–Trinajstić information content (AvgIpc) is 3.40. The van der Waals surface area contributed by atoms with E-state index in [0.717, 1.165) is 25.3 Å². The van der Waals surface area contributed by atoms with Gasteiger partial charge in [-0.2, -0.15) is 0 Å². The van der Waals surface area contributed by atoms with Crippen molar-refractivity contribution in [3.8, 4) is 0 Å². The number of nitrogens with zero attached hydrogens (tertiary/aromatic N) is 1. The van der Waals surface area contributed by atoms with Gasteiger partial charge in [0.15, 0.2) is 5.96 Å². The van der Waals surface area contributed by atoms with Crippen molar-refractivity contribution < 1.29 is 4.79 Å². The molecule has 1 saturated carbocycles. The van der Waals surface area contributed by atoms with E-state index in [9.17, 15) is 4.79 Å². The molecule has 0 spiro atoms. The summed E-state index contributed by atoms with van der Waals surface area (Å²) in [5.41, 5.74) is 0. The van der Waals surface area contributed by atoms with Crippen LogP contribution in [0.3, 0.4) is 0 Å². The number of nitrogens with one attached hydrogen (secondary N) is 3. The van der Waals surface area contributed by atoms with Crippen LogP contribution in [0.25, 0.3) is 0 Å². The van der Waals surface area contributed by atoms with Gasteiger partial charge in [0.1, 0.15) is 0 Å². The second-order valence-corrected chi connectivity index (χ2v) is 7.20. The fraction of sp³-hybridized carbons (Fsp3) is 0.529. The number of carbonyl (C=O) groups is 1. The maximum Gasteiger partial charge on any atom is 0.223 e. The molecule has 2 rings (SSSR count). The second-order valence-electron chi connectivity index (χ2n) is 5.69. The SMILES string of the molecule is CN=C(NCCNC(=O)C1CC1)NCC(C)Sc1ccccc1.I. The molecule has 134 valence electrons. The summed E-state index contributed by atoms with van der Waals surface area (Å²) in [7, 11) is 1.76. The first-order valence-corrected chi connectivity index (χ1v) is 9.01. The first kappa shape index (κ1) is 21.1. The van der Waals surface area contributed by atoms with Crippen molar-refractivity contribution in [2.45, 2.75) is 29.9 Å². The zero-order valence-electron chi connectivity index (χ0n) is 14.2. The molecule has 0 radical (unpaired) electrons. The van der Waals surface area contributed by atoms with Crippen LogP contribution in [0.5, 0.6) is 0 Å². The third-order valence-corrected chi connectivity index (χ3v) is 4.64. The average molecular weight is 462 g/mol. The quantitative estimate of drug-likeness (QED) is 0.183. The molecular formula is C17H27IN4OS. The molecule has 1 amide bonds. The number of hydrogen-bond acceptors (Lipinski definition) is 3. The van der Waals surface area contributed by atoms with Gasteiger partial charge in [-0.25, -0.2) is 0 Å². The largest absolute Gasteiger partial charge is 0.355 e. The minimum Gasteiger partial charge on any atom is -0.355 e. The Morgan fingerprint density at radius 1 is 1.21 bits per heavy atom. The van der Waals surface area contributed by atoms with Crippen LogP contribution in [0, 0.1) is 5.92 Å². The lowest BCUT2D eigenvalue weighted by Gasteiger charge is -2.16. The van der Waals surface area contributed by atoms with Crippen LogP contribution in [0.4, 0.5) is 0 Å². The van der Waals surface area contributed by atoms with Gasteiger partial charge in [0, 0.05) is 42.7 Å². The molecule has 7 heteroatoms. The summed E-state index contributed by atoms with van der Waals surface area (Å²) >= 11 is 1.84. The first-order chi connectivity index (χ1) is 11.2. The molecule has 5 nitrogen and oxygen atoms in total. The molecular weight excluding hydrogens is 435 g/mol. The van der Waals surface area contributed by atoms with Gasteiger partial charge in [0.05, 0.1) is 0 Å². The molecule has 24 heavy (non-hydrogen) atoms. The van der Waals surface area contributed by atoms with Crippen LogP contribution < -0.4 is 16.0 Å². The van der Waals surface area contributed by atoms with E-state index in [1.54, 1.807) is 7.05 Å². The zero-order chi connectivity index (χ0) is 16.5. The molecule has 1 atom stereocenters. The van der Waals surface area contributed by atoms with Crippen LogP contribution in [-0.2, 0) is 4.79 Å². The molecule has 1 aliphatic rings. The number of aliphatic imine (C=N–C) groups is 1. The Balaban J connectivity index is 0.00000288. The smallest absolute Gasteiger partial charge is 0.223 e. The summed E-state index contributed by atoms with van der Waals surface area (Å²) in [6, 6.07) is 10.4. The molecule has 0 saturated heterocycles. The van der Waals surface area contributed by atoms with Crippen LogP contribution in [0.15, 0.2) is 40.2 Å². The van der Waals surface area contributed by atoms with E-state index in [4.69, 9.17) is 0 Å². The van der Waals surface area contributed by atoms with Gasteiger partial charge in [-0.05, 0) is 25.0 Å². The van der Waals surface area contributed by atoms with Crippen LogP contribution in [-0.4, -0.2) is 43.8 Å². The number of benzene rings is 1. The van der Waals surface area contributed by atoms with E-state index in [-0.39, 0.29) is 35.8 Å². The van der Waals surface area contributed by atoms with Crippen molar-refractivity contribution in [2.75, 3.05) is 26.7 Å². The van der Waals surface area contributed by atoms with Gasteiger partial charge in [0.2, 0.25) is 5.91 Å². The van der Waals surface area contributed by atoms with Crippen molar-refractivity contribution in [3.63, 3.8) is 0 Å². The minimum absolute atomic E-state index is 0. The van der Waals surface area contributed by atoms with E-state index in [2.05, 4.69) is 52.1 Å². The van der Waals surface area contributed by atoms with Gasteiger partial charge >= 0.3 is 0 Å². The number of carbonyl (C=O) groups excluding carboxylic acids is 1. The summed E-state index contributed by atoms with van der Waals surface area (Å²) in [6.45, 7) is 4.32. The van der Waals surface area contributed by atoms with Crippen molar-refractivity contribution >= 4 is 47.6 Å². The third-order valence-electron chi connectivity index (χ3n) is 3.53. The van der Waals surface area contributed by atoms with Crippen LogP contribution >= 0.6 is 35.7 Å². The third kappa shape index (κ3) is 8.23. The Hall–Kier alpha value is -0.960. The van der Waals surface area contributed by atoms with Gasteiger partial charge in [-0.15, -0.1) is 35.7 Å². The maximum absolute atomic E-state index is 11.5. The van der Waals surface area contributed by atoms with Gasteiger partial charge in [-0.3, -0.25) is 9.79 Å². The molecule has 0 aliphatic heterocycles. The summed E-state index contributed by atoms with van der Waals surface area (Å²) in [6.07, 6.45) is 2.08. The predicted molar refractivity (Wildman–Crippen MR) is 112 cm³/mol. The lowest BCUT2D eigenvalue weighted by Crippen LogP contribution is -2.43. The fourth-order valence-electron chi connectivity index (χ4n) is 2.09. The lowest BCUT2D eigenvalue weighted by atomic mass is 10.4. The lowest BCUT2D eigenvalue weighted by molar-refractivity contribution is -0.122. The Morgan fingerprint density at radius 3 is 2.50 bits per heavy atom. The first-order valence-electron chi connectivity index (χ1n) is 8.13. The normalized spacial score (nSPS) is 15.2. The van der Waals surface area contributed by atoms with Crippen LogP contribution in [0.1, 0.15) is 19.8 Å².